The lowest BCUT2D eigenvalue weighted by atomic mass is 9.83. The highest BCUT2D eigenvalue weighted by Crippen LogP contribution is 2.41. The average molecular weight is 345 g/mol. The molecule has 0 saturated heterocycles. The van der Waals surface area contributed by atoms with Gasteiger partial charge in [0.2, 0.25) is 0 Å². The first kappa shape index (κ1) is 16.8. The summed E-state index contributed by atoms with van der Waals surface area (Å²) in [5, 5.41) is 9.30. The molecule has 0 spiro atoms. The van der Waals surface area contributed by atoms with Gasteiger partial charge in [-0.05, 0) is 59.8 Å². The van der Waals surface area contributed by atoms with E-state index in [0.29, 0.717) is 17.9 Å². The number of carboxylic acid groups (broad SMARTS) is 1. The Balaban J connectivity index is 3.39. The Kier molecular flexibility index (Phi) is 5.45. The minimum atomic E-state index is -0.830. The molecule has 0 fully saturated rings. The molecule has 0 atom stereocenters. The molecular weight excluding hydrogens is 324 g/mol. The molecule has 1 aromatic carbocycles. The van der Waals surface area contributed by atoms with Crippen LogP contribution in [0.2, 0.25) is 0 Å². The van der Waals surface area contributed by atoms with E-state index in [-0.39, 0.29) is 0 Å². The standard InChI is InChI=1S/C15H21BrO4/c1-6-10-9(8-15(2,3)14(17)18)7-11(19-4)13(20-5)12(10)16/h7H,6,8H2,1-5H3,(H,17,18). The molecule has 0 bridgehead atoms. The molecule has 0 saturated carbocycles. The van der Waals surface area contributed by atoms with Gasteiger partial charge in [0, 0.05) is 0 Å². The Hall–Kier alpha value is -1.23. The summed E-state index contributed by atoms with van der Waals surface area (Å²) < 4.78 is 11.5. The molecule has 0 unspecified atom stereocenters. The van der Waals surface area contributed by atoms with Gasteiger partial charge in [-0.1, -0.05) is 6.92 Å². The lowest BCUT2D eigenvalue weighted by Crippen LogP contribution is -2.26. The molecule has 0 heterocycles. The second-order valence-corrected chi connectivity index (χ2v) is 6.08. The van der Waals surface area contributed by atoms with E-state index in [1.807, 2.05) is 13.0 Å². The number of carboxylic acids is 1. The molecule has 0 aliphatic rings. The molecule has 0 radical (unpaired) electrons. The van der Waals surface area contributed by atoms with E-state index in [1.54, 1.807) is 28.1 Å². The lowest BCUT2D eigenvalue weighted by Gasteiger charge is -2.23. The van der Waals surface area contributed by atoms with Crippen molar-refractivity contribution in [1.29, 1.82) is 0 Å². The van der Waals surface area contributed by atoms with Gasteiger partial charge in [-0.3, -0.25) is 4.79 Å². The summed E-state index contributed by atoms with van der Waals surface area (Å²) in [6, 6.07) is 1.87. The van der Waals surface area contributed by atoms with E-state index >= 15 is 0 Å². The summed E-state index contributed by atoms with van der Waals surface area (Å²) in [7, 11) is 3.16. The van der Waals surface area contributed by atoms with Crippen molar-refractivity contribution < 1.29 is 19.4 Å². The predicted octanol–water partition coefficient (Wildman–Crippen LogP) is 3.68. The highest BCUT2D eigenvalue weighted by molar-refractivity contribution is 9.10. The number of aliphatic carboxylic acids is 1. The molecule has 0 aliphatic heterocycles. The molecule has 1 aromatic rings. The first-order valence-corrected chi connectivity index (χ1v) is 7.23. The Morgan fingerprint density at radius 2 is 1.95 bits per heavy atom. The number of carbonyl (C=O) groups is 1. The van der Waals surface area contributed by atoms with Crippen LogP contribution in [0.4, 0.5) is 0 Å². The monoisotopic (exact) mass is 344 g/mol. The van der Waals surface area contributed by atoms with Crippen molar-refractivity contribution in [3.05, 3.63) is 21.7 Å². The first-order valence-electron chi connectivity index (χ1n) is 6.44. The zero-order chi connectivity index (χ0) is 15.5. The van der Waals surface area contributed by atoms with Crippen LogP contribution in [0.15, 0.2) is 10.5 Å². The second kappa shape index (κ2) is 6.48. The van der Waals surface area contributed by atoms with Crippen molar-refractivity contribution in [2.24, 2.45) is 5.41 Å². The summed E-state index contributed by atoms with van der Waals surface area (Å²) in [5.74, 6) is 0.430. The van der Waals surface area contributed by atoms with Crippen LogP contribution in [-0.4, -0.2) is 25.3 Å². The third-order valence-electron chi connectivity index (χ3n) is 3.37. The third kappa shape index (κ3) is 3.26. The Morgan fingerprint density at radius 1 is 1.35 bits per heavy atom. The van der Waals surface area contributed by atoms with Crippen LogP contribution >= 0.6 is 15.9 Å². The number of methoxy groups -OCH3 is 2. The Labute approximate surface area is 128 Å². The summed E-state index contributed by atoms with van der Waals surface area (Å²) >= 11 is 3.54. The van der Waals surface area contributed by atoms with Crippen LogP contribution in [0.3, 0.4) is 0 Å². The summed E-state index contributed by atoms with van der Waals surface area (Å²) in [6.45, 7) is 5.47. The fourth-order valence-corrected chi connectivity index (χ4v) is 3.02. The topological polar surface area (TPSA) is 55.8 Å². The number of benzene rings is 1. The Morgan fingerprint density at radius 3 is 2.35 bits per heavy atom. The molecule has 0 amide bonds. The van der Waals surface area contributed by atoms with Crippen LogP contribution in [0.25, 0.3) is 0 Å². The molecule has 4 nitrogen and oxygen atoms in total. The van der Waals surface area contributed by atoms with E-state index in [9.17, 15) is 9.90 Å². The van der Waals surface area contributed by atoms with E-state index < -0.39 is 11.4 Å². The first-order chi connectivity index (χ1) is 9.28. The van der Waals surface area contributed by atoms with Gasteiger partial charge in [0.1, 0.15) is 0 Å². The zero-order valence-electron chi connectivity index (χ0n) is 12.5. The fourth-order valence-electron chi connectivity index (χ4n) is 2.13. The smallest absolute Gasteiger partial charge is 0.309 e. The highest BCUT2D eigenvalue weighted by Gasteiger charge is 2.29. The molecule has 1 N–H and O–H groups in total. The number of hydrogen-bond acceptors (Lipinski definition) is 3. The van der Waals surface area contributed by atoms with Crippen LogP contribution in [0, 0.1) is 5.41 Å². The van der Waals surface area contributed by atoms with Gasteiger partial charge in [0.05, 0.1) is 24.1 Å². The second-order valence-electron chi connectivity index (χ2n) is 5.28. The third-order valence-corrected chi connectivity index (χ3v) is 4.21. The maximum atomic E-state index is 11.3. The summed E-state index contributed by atoms with van der Waals surface area (Å²) in [4.78, 5) is 11.3. The molecule has 0 aromatic heterocycles. The van der Waals surface area contributed by atoms with Gasteiger partial charge in [0.15, 0.2) is 11.5 Å². The van der Waals surface area contributed by atoms with Crippen LogP contribution < -0.4 is 9.47 Å². The highest BCUT2D eigenvalue weighted by atomic mass is 79.9. The predicted molar refractivity (Wildman–Crippen MR) is 81.7 cm³/mol. The summed E-state index contributed by atoms with van der Waals surface area (Å²) in [5.41, 5.74) is 1.18. The molecule has 1 rings (SSSR count). The number of rotatable bonds is 6. The summed E-state index contributed by atoms with van der Waals surface area (Å²) in [6.07, 6.45) is 1.22. The van der Waals surface area contributed by atoms with Crippen molar-refractivity contribution in [3.63, 3.8) is 0 Å². The quantitative estimate of drug-likeness (QED) is 0.855. The zero-order valence-corrected chi connectivity index (χ0v) is 14.1. The maximum absolute atomic E-state index is 11.3. The SMILES string of the molecule is CCc1c(CC(C)(C)C(=O)O)cc(OC)c(OC)c1Br. The molecule has 20 heavy (non-hydrogen) atoms. The minimum Gasteiger partial charge on any atom is -0.493 e. The number of hydrogen-bond donors (Lipinski definition) is 1. The maximum Gasteiger partial charge on any atom is 0.309 e. The van der Waals surface area contributed by atoms with Gasteiger partial charge < -0.3 is 14.6 Å². The molecule has 0 aliphatic carbocycles. The van der Waals surface area contributed by atoms with Crippen molar-refractivity contribution in [3.8, 4) is 11.5 Å². The van der Waals surface area contributed by atoms with Crippen LogP contribution in [-0.2, 0) is 17.6 Å². The van der Waals surface area contributed by atoms with Gasteiger partial charge in [-0.2, -0.15) is 0 Å². The van der Waals surface area contributed by atoms with E-state index in [4.69, 9.17) is 9.47 Å². The van der Waals surface area contributed by atoms with Gasteiger partial charge in [-0.25, -0.2) is 0 Å². The molecular formula is C15H21BrO4. The average Bonchev–Trinajstić information content (AvgIpc) is 2.37. The van der Waals surface area contributed by atoms with Gasteiger partial charge >= 0.3 is 5.97 Å². The normalized spacial score (nSPS) is 11.3. The van der Waals surface area contributed by atoms with Gasteiger partial charge in [-0.15, -0.1) is 0 Å². The van der Waals surface area contributed by atoms with Crippen molar-refractivity contribution in [2.45, 2.75) is 33.6 Å². The molecule has 5 heteroatoms. The van der Waals surface area contributed by atoms with Gasteiger partial charge in [0.25, 0.3) is 0 Å². The van der Waals surface area contributed by atoms with E-state index in [2.05, 4.69) is 15.9 Å². The number of halogens is 1. The van der Waals surface area contributed by atoms with E-state index in [0.717, 1.165) is 22.0 Å². The van der Waals surface area contributed by atoms with Crippen LogP contribution in [0.5, 0.6) is 11.5 Å². The minimum absolute atomic E-state index is 0.435. The Bertz CT molecular complexity index is 509. The molecule has 112 valence electrons. The van der Waals surface area contributed by atoms with E-state index in [1.165, 1.54) is 0 Å². The lowest BCUT2D eigenvalue weighted by molar-refractivity contribution is -0.146. The van der Waals surface area contributed by atoms with Crippen molar-refractivity contribution in [1.82, 2.24) is 0 Å². The fraction of sp³-hybridized carbons (Fsp3) is 0.533. The van der Waals surface area contributed by atoms with Crippen LogP contribution in [0.1, 0.15) is 31.9 Å². The van der Waals surface area contributed by atoms with Crippen molar-refractivity contribution >= 4 is 21.9 Å². The largest absolute Gasteiger partial charge is 0.493 e. The van der Waals surface area contributed by atoms with Crippen molar-refractivity contribution in [2.75, 3.05) is 14.2 Å². The number of ether oxygens (including phenoxy) is 2.